The molecule has 0 aliphatic rings. The standard InChI is InChI=1S/C6H13NO2/c1-3-4(2)5(7)6(8)9/h4-5H,3,7H2,1-2H3,(H,8,9)/t4-,5-/m0/s1/i1+2,2+2. The maximum absolute atomic E-state index is 10.2. The number of carboxylic acids is 1. The molecule has 0 amide bonds. The first kappa shape index (κ1) is 8.43. The molecular formula is C6H13NO2. The third-order valence-corrected chi connectivity index (χ3v) is 1.54. The highest BCUT2D eigenvalue weighted by molar-refractivity contribution is 5.73. The molecule has 0 aliphatic heterocycles. The van der Waals surface area contributed by atoms with Crippen LogP contribution >= 0.6 is 0 Å². The molecular weight excluding hydrogens is 122 g/mol. The van der Waals surface area contributed by atoms with E-state index < -0.39 is 12.0 Å². The molecule has 0 aromatic rings. The molecule has 0 spiro atoms. The fourth-order valence-electron chi connectivity index (χ4n) is 0.497. The van der Waals surface area contributed by atoms with Crippen LogP contribution in [0.15, 0.2) is 0 Å². The summed E-state index contributed by atoms with van der Waals surface area (Å²) in [5.74, 6) is -0.841. The van der Waals surface area contributed by atoms with Gasteiger partial charge in [0.2, 0.25) is 0 Å². The van der Waals surface area contributed by atoms with E-state index in [1.807, 2.05) is 13.8 Å². The summed E-state index contributed by atoms with van der Waals surface area (Å²) in [6, 6.07) is -0.699. The molecule has 9 heavy (non-hydrogen) atoms. The van der Waals surface area contributed by atoms with Gasteiger partial charge in [-0.15, -0.1) is 0 Å². The summed E-state index contributed by atoms with van der Waals surface area (Å²) in [4.78, 5) is 10.2. The van der Waals surface area contributed by atoms with Gasteiger partial charge in [0.1, 0.15) is 6.04 Å². The van der Waals surface area contributed by atoms with E-state index in [4.69, 9.17) is 10.8 Å². The lowest BCUT2D eigenvalue weighted by atomic mass is 10.1. The number of aliphatic carboxylic acids is 1. The number of carbonyl (C=O) groups is 1. The Morgan fingerprint density at radius 3 is 2.33 bits per heavy atom. The fourth-order valence-corrected chi connectivity index (χ4v) is 0.497. The van der Waals surface area contributed by atoms with Crippen molar-refractivity contribution in [3.63, 3.8) is 0 Å². The normalized spacial score (nSPS) is 16.8. The van der Waals surface area contributed by atoms with Crippen molar-refractivity contribution >= 4 is 5.97 Å². The van der Waals surface area contributed by atoms with Crippen molar-refractivity contribution in [2.75, 3.05) is 0 Å². The molecule has 0 saturated heterocycles. The van der Waals surface area contributed by atoms with Gasteiger partial charge in [0.25, 0.3) is 0 Å². The number of hydrogen-bond donors (Lipinski definition) is 2. The van der Waals surface area contributed by atoms with Gasteiger partial charge >= 0.3 is 5.97 Å². The lowest BCUT2D eigenvalue weighted by Crippen LogP contribution is -2.36. The van der Waals surface area contributed by atoms with Gasteiger partial charge in [-0.2, -0.15) is 0 Å². The second-order valence-electron chi connectivity index (χ2n) is 2.25. The van der Waals surface area contributed by atoms with Crippen LogP contribution in [0.4, 0.5) is 0 Å². The van der Waals surface area contributed by atoms with E-state index in [9.17, 15) is 4.79 Å². The van der Waals surface area contributed by atoms with E-state index in [-0.39, 0.29) is 5.92 Å². The largest absolute Gasteiger partial charge is 0.480 e. The van der Waals surface area contributed by atoms with Crippen molar-refractivity contribution in [3.8, 4) is 0 Å². The van der Waals surface area contributed by atoms with Crippen LogP contribution in [0, 0.1) is 5.92 Å². The Bertz CT molecular complexity index is 103. The predicted octanol–water partition coefficient (Wildman–Crippen LogP) is 0.444. The monoisotopic (exact) mass is 135 g/mol. The van der Waals surface area contributed by atoms with Crippen molar-refractivity contribution in [1.82, 2.24) is 0 Å². The zero-order chi connectivity index (χ0) is 7.44. The first-order chi connectivity index (χ1) is 4.09. The number of nitrogens with two attached hydrogens (primary N) is 1. The fraction of sp³-hybridized carbons (Fsp3) is 0.833. The van der Waals surface area contributed by atoms with Crippen LogP contribution in [0.3, 0.4) is 0 Å². The molecule has 0 rings (SSSR count). The van der Waals surface area contributed by atoms with Crippen molar-refractivity contribution < 1.29 is 9.90 Å². The Labute approximate surface area is 54.9 Å². The minimum absolute atomic E-state index is 0.0718. The lowest BCUT2D eigenvalue weighted by Gasteiger charge is -2.11. The molecule has 3 nitrogen and oxygen atoms in total. The van der Waals surface area contributed by atoms with E-state index >= 15 is 0 Å². The second-order valence-corrected chi connectivity index (χ2v) is 2.25. The third-order valence-electron chi connectivity index (χ3n) is 1.54. The zero-order valence-electron chi connectivity index (χ0n) is 5.79. The summed E-state index contributed by atoms with van der Waals surface area (Å²) >= 11 is 0. The smallest absolute Gasteiger partial charge is 0.320 e. The van der Waals surface area contributed by atoms with Gasteiger partial charge in [0.15, 0.2) is 0 Å². The van der Waals surface area contributed by atoms with Gasteiger partial charge in [-0.25, -0.2) is 0 Å². The van der Waals surface area contributed by atoms with E-state index in [1.165, 1.54) is 0 Å². The minimum Gasteiger partial charge on any atom is -0.480 e. The highest BCUT2D eigenvalue weighted by Gasteiger charge is 2.17. The molecule has 54 valence electrons. The second kappa shape index (κ2) is 3.45. The SMILES string of the molecule is [14CH3]C[C@H]([14CH3])[C@H](N)C(=O)O. The topological polar surface area (TPSA) is 63.3 Å². The van der Waals surface area contributed by atoms with Crippen LogP contribution in [0.1, 0.15) is 20.3 Å². The summed E-state index contributed by atoms with van der Waals surface area (Å²) in [5, 5.41) is 8.36. The van der Waals surface area contributed by atoms with Crippen LogP contribution in [0.2, 0.25) is 0 Å². The molecule has 2 atom stereocenters. The number of hydrogen-bond acceptors (Lipinski definition) is 2. The minimum atomic E-state index is -0.913. The number of rotatable bonds is 3. The van der Waals surface area contributed by atoms with Crippen LogP contribution in [-0.2, 0) is 4.79 Å². The van der Waals surface area contributed by atoms with Gasteiger partial charge in [-0.05, 0) is 5.92 Å². The molecule has 0 unspecified atom stereocenters. The molecule has 0 heterocycles. The van der Waals surface area contributed by atoms with Gasteiger partial charge < -0.3 is 10.8 Å². The third kappa shape index (κ3) is 2.46. The van der Waals surface area contributed by atoms with Crippen molar-refractivity contribution in [2.24, 2.45) is 11.7 Å². The highest BCUT2D eigenvalue weighted by atomic mass is 16.4. The van der Waals surface area contributed by atoms with Crippen molar-refractivity contribution in [3.05, 3.63) is 0 Å². The Hall–Kier alpha value is -0.570. The Balaban J connectivity index is 3.72. The Morgan fingerprint density at radius 2 is 2.22 bits per heavy atom. The summed E-state index contributed by atoms with van der Waals surface area (Å²) < 4.78 is 0. The van der Waals surface area contributed by atoms with Gasteiger partial charge in [-0.1, -0.05) is 20.3 Å². The van der Waals surface area contributed by atoms with E-state index in [0.29, 0.717) is 0 Å². The first-order valence-electron chi connectivity index (χ1n) is 3.08. The summed E-state index contributed by atoms with van der Waals surface area (Å²) in [6.07, 6.45) is 0.813. The maximum atomic E-state index is 10.2. The van der Waals surface area contributed by atoms with Crippen molar-refractivity contribution in [2.45, 2.75) is 26.3 Å². The molecule has 0 fully saturated rings. The zero-order valence-corrected chi connectivity index (χ0v) is 5.79. The maximum Gasteiger partial charge on any atom is 0.320 e. The Kier molecular flexibility index (Phi) is 3.24. The molecule has 3 heteroatoms. The first-order valence-corrected chi connectivity index (χ1v) is 3.08. The molecule has 0 saturated carbocycles. The van der Waals surface area contributed by atoms with Crippen LogP contribution in [-0.4, -0.2) is 17.1 Å². The molecule has 0 radical (unpaired) electrons. The molecule has 0 aromatic carbocycles. The Morgan fingerprint density at radius 1 is 1.78 bits per heavy atom. The molecule has 0 aliphatic carbocycles. The average molecular weight is 135 g/mol. The van der Waals surface area contributed by atoms with Crippen molar-refractivity contribution in [1.29, 1.82) is 0 Å². The average Bonchev–Trinajstić information content (AvgIpc) is 1.84. The summed E-state index contributed by atoms with van der Waals surface area (Å²) in [7, 11) is 0. The summed E-state index contributed by atoms with van der Waals surface area (Å²) in [6.45, 7) is 3.76. The quantitative estimate of drug-likeness (QED) is 0.590. The summed E-state index contributed by atoms with van der Waals surface area (Å²) in [5.41, 5.74) is 5.27. The van der Waals surface area contributed by atoms with Crippen LogP contribution in [0.25, 0.3) is 0 Å². The number of carboxylic acid groups (broad SMARTS) is 1. The van der Waals surface area contributed by atoms with E-state index in [0.717, 1.165) is 6.42 Å². The van der Waals surface area contributed by atoms with Gasteiger partial charge in [0, 0.05) is 0 Å². The van der Waals surface area contributed by atoms with E-state index in [1.54, 1.807) is 0 Å². The predicted molar refractivity (Wildman–Crippen MR) is 35.1 cm³/mol. The van der Waals surface area contributed by atoms with Gasteiger partial charge in [0.05, 0.1) is 0 Å². The molecule has 0 aromatic heterocycles. The molecule has 3 N–H and O–H groups in total. The van der Waals surface area contributed by atoms with E-state index in [2.05, 4.69) is 0 Å². The van der Waals surface area contributed by atoms with Crippen LogP contribution in [0.5, 0.6) is 0 Å². The lowest BCUT2D eigenvalue weighted by molar-refractivity contribution is -0.139. The van der Waals surface area contributed by atoms with Gasteiger partial charge in [-0.3, -0.25) is 4.79 Å². The molecule has 0 bridgehead atoms. The highest BCUT2D eigenvalue weighted by Crippen LogP contribution is 2.04. The van der Waals surface area contributed by atoms with Crippen LogP contribution < -0.4 is 5.73 Å².